The van der Waals surface area contributed by atoms with Crippen molar-refractivity contribution < 1.29 is 4.79 Å². The molecule has 1 amide bonds. The SMILES string of the molecule is Cc1ccc(NC(=O)Cn2nc3n(c2=O)CCCCC3)cc1Cl. The lowest BCUT2D eigenvalue weighted by Gasteiger charge is -2.06. The fourth-order valence-electron chi connectivity index (χ4n) is 2.74. The van der Waals surface area contributed by atoms with Crippen LogP contribution in [0.4, 0.5) is 5.69 Å². The molecule has 0 radical (unpaired) electrons. The molecular weight excluding hydrogens is 316 g/mol. The highest BCUT2D eigenvalue weighted by Crippen LogP contribution is 2.19. The van der Waals surface area contributed by atoms with E-state index in [0.29, 0.717) is 17.3 Å². The van der Waals surface area contributed by atoms with Gasteiger partial charge in [-0.2, -0.15) is 5.10 Å². The van der Waals surface area contributed by atoms with Gasteiger partial charge in [0.1, 0.15) is 12.4 Å². The van der Waals surface area contributed by atoms with Crippen LogP contribution >= 0.6 is 11.6 Å². The van der Waals surface area contributed by atoms with E-state index >= 15 is 0 Å². The number of nitrogens with zero attached hydrogens (tertiary/aromatic N) is 3. The molecular formula is C16H19ClN4O2. The van der Waals surface area contributed by atoms with E-state index in [9.17, 15) is 9.59 Å². The number of rotatable bonds is 3. The van der Waals surface area contributed by atoms with Crippen LogP contribution in [0.25, 0.3) is 0 Å². The van der Waals surface area contributed by atoms with Crippen LogP contribution in [0.3, 0.4) is 0 Å². The van der Waals surface area contributed by atoms with Crippen LogP contribution in [0, 0.1) is 6.92 Å². The van der Waals surface area contributed by atoms with Crippen LogP contribution in [0.1, 0.15) is 30.7 Å². The number of carbonyl (C=O) groups excluding carboxylic acids is 1. The van der Waals surface area contributed by atoms with Crippen LogP contribution in [0.15, 0.2) is 23.0 Å². The normalized spacial score (nSPS) is 14.2. The number of hydrogen-bond donors (Lipinski definition) is 1. The Morgan fingerprint density at radius 1 is 1.35 bits per heavy atom. The molecule has 0 aliphatic carbocycles. The second-order valence-electron chi connectivity index (χ2n) is 5.83. The average Bonchev–Trinajstić information content (AvgIpc) is 2.68. The van der Waals surface area contributed by atoms with Crippen molar-refractivity contribution in [1.29, 1.82) is 0 Å². The minimum atomic E-state index is -0.291. The topological polar surface area (TPSA) is 68.9 Å². The average molecular weight is 335 g/mol. The van der Waals surface area contributed by atoms with E-state index in [1.807, 2.05) is 13.0 Å². The van der Waals surface area contributed by atoms with Gasteiger partial charge in [-0.05, 0) is 37.5 Å². The van der Waals surface area contributed by atoms with Crippen molar-refractivity contribution in [3.05, 3.63) is 45.1 Å². The Hall–Kier alpha value is -2.08. The summed E-state index contributed by atoms with van der Waals surface area (Å²) in [5.41, 5.74) is 1.34. The van der Waals surface area contributed by atoms with Crippen LogP contribution in [0.5, 0.6) is 0 Å². The number of fused-ring (bicyclic) bond motifs is 1. The minimum Gasteiger partial charge on any atom is -0.324 e. The number of carbonyl (C=O) groups is 1. The van der Waals surface area contributed by atoms with Gasteiger partial charge in [-0.15, -0.1) is 0 Å². The summed E-state index contributed by atoms with van der Waals surface area (Å²) in [4.78, 5) is 24.5. The second kappa shape index (κ2) is 6.58. The van der Waals surface area contributed by atoms with Crippen LogP contribution < -0.4 is 11.0 Å². The van der Waals surface area contributed by atoms with Crippen molar-refractivity contribution >= 4 is 23.2 Å². The van der Waals surface area contributed by atoms with Gasteiger partial charge < -0.3 is 5.32 Å². The third-order valence-electron chi connectivity index (χ3n) is 4.03. The molecule has 1 aromatic heterocycles. The first-order chi connectivity index (χ1) is 11.0. The molecule has 3 rings (SSSR count). The molecule has 6 nitrogen and oxygen atoms in total. The van der Waals surface area contributed by atoms with Crippen molar-refractivity contribution in [2.75, 3.05) is 5.32 Å². The molecule has 23 heavy (non-hydrogen) atoms. The zero-order chi connectivity index (χ0) is 16.4. The second-order valence-corrected chi connectivity index (χ2v) is 6.24. The molecule has 0 atom stereocenters. The smallest absolute Gasteiger partial charge is 0.324 e. The number of halogens is 1. The summed E-state index contributed by atoms with van der Waals surface area (Å²) in [6.45, 7) is 2.49. The quantitative estimate of drug-likeness (QED) is 0.937. The number of nitrogens with one attached hydrogen (secondary N) is 1. The molecule has 0 saturated carbocycles. The van der Waals surface area contributed by atoms with Crippen molar-refractivity contribution in [3.63, 3.8) is 0 Å². The Bertz CT molecular complexity index is 794. The van der Waals surface area contributed by atoms with E-state index in [4.69, 9.17) is 11.6 Å². The van der Waals surface area contributed by atoms with Gasteiger partial charge in [0, 0.05) is 23.7 Å². The largest absolute Gasteiger partial charge is 0.346 e. The van der Waals surface area contributed by atoms with Gasteiger partial charge in [-0.25, -0.2) is 9.48 Å². The summed E-state index contributed by atoms with van der Waals surface area (Å²) in [5.74, 6) is 0.485. The molecule has 1 aliphatic rings. The highest BCUT2D eigenvalue weighted by atomic mass is 35.5. The summed E-state index contributed by atoms with van der Waals surface area (Å²) in [6.07, 6.45) is 3.91. The van der Waals surface area contributed by atoms with Gasteiger partial charge >= 0.3 is 5.69 Å². The molecule has 1 N–H and O–H groups in total. The van der Waals surface area contributed by atoms with Gasteiger partial charge in [0.25, 0.3) is 0 Å². The fraction of sp³-hybridized carbons (Fsp3) is 0.438. The van der Waals surface area contributed by atoms with Gasteiger partial charge in [0.2, 0.25) is 5.91 Å². The molecule has 0 unspecified atom stereocenters. The monoisotopic (exact) mass is 334 g/mol. The Morgan fingerprint density at radius 3 is 2.96 bits per heavy atom. The molecule has 2 aromatic rings. The number of benzene rings is 1. The van der Waals surface area contributed by atoms with E-state index < -0.39 is 0 Å². The lowest BCUT2D eigenvalue weighted by atomic mass is 10.2. The highest BCUT2D eigenvalue weighted by Gasteiger charge is 2.17. The first-order valence-corrected chi connectivity index (χ1v) is 8.15. The number of anilines is 1. The van der Waals surface area contributed by atoms with E-state index in [1.165, 1.54) is 4.68 Å². The summed E-state index contributed by atoms with van der Waals surface area (Å²) in [6, 6.07) is 5.31. The standard InChI is InChI=1S/C16H19ClN4O2/c1-11-6-7-12(9-13(11)17)18-15(22)10-21-16(23)20-8-4-2-3-5-14(20)19-21/h6-7,9H,2-5,8,10H2,1H3,(H,18,22). The molecule has 1 aromatic carbocycles. The number of aromatic nitrogens is 3. The zero-order valence-corrected chi connectivity index (χ0v) is 13.8. The molecule has 1 aliphatic heterocycles. The summed E-state index contributed by atoms with van der Waals surface area (Å²) >= 11 is 6.04. The molecule has 0 fully saturated rings. The van der Waals surface area contributed by atoms with E-state index in [2.05, 4.69) is 10.4 Å². The maximum absolute atomic E-state index is 12.3. The molecule has 0 spiro atoms. The Labute approximate surface area is 139 Å². The fourth-order valence-corrected chi connectivity index (χ4v) is 2.92. The van der Waals surface area contributed by atoms with Gasteiger partial charge in [-0.1, -0.05) is 24.1 Å². The zero-order valence-electron chi connectivity index (χ0n) is 13.0. The van der Waals surface area contributed by atoms with E-state index in [-0.39, 0.29) is 18.1 Å². The number of hydrogen-bond acceptors (Lipinski definition) is 3. The molecule has 0 saturated heterocycles. The van der Waals surface area contributed by atoms with E-state index in [0.717, 1.165) is 37.1 Å². The lowest BCUT2D eigenvalue weighted by Crippen LogP contribution is -2.30. The first-order valence-electron chi connectivity index (χ1n) is 7.77. The van der Waals surface area contributed by atoms with Crippen molar-refractivity contribution in [2.24, 2.45) is 0 Å². The van der Waals surface area contributed by atoms with Crippen LogP contribution in [-0.4, -0.2) is 20.3 Å². The summed E-state index contributed by atoms with van der Waals surface area (Å²) in [7, 11) is 0. The Kier molecular flexibility index (Phi) is 4.52. The van der Waals surface area contributed by atoms with Crippen molar-refractivity contribution in [3.8, 4) is 0 Å². The molecule has 2 heterocycles. The maximum Gasteiger partial charge on any atom is 0.346 e. The number of aryl methyl sites for hydroxylation is 2. The van der Waals surface area contributed by atoms with E-state index in [1.54, 1.807) is 16.7 Å². The predicted octanol–water partition coefficient (Wildman–Crippen LogP) is 2.37. The third kappa shape index (κ3) is 3.47. The summed E-state index contributed by atoms with van der Waals surface area (Å²) < 4.78 is 2.93. The van der Waals surface area contributed by atoms with Crippen LogP contribution in [-0.2, 0) is 24.3 Å². The van der Waals surface area contributed by atoms with Gasteiger partial charge in [-0.3, -0.25) is 9.36 Å². The first kappa shape index (κ1) is 15.8. The van der Waals surface area contributed by atoms with Crippen molar-refractivity contribution in [2.45, 2.75) is 45.7 Å². The Morgan fingerprint density at radius 2 is 2.17 bits per heavy atom. The van der Waals surface area contributed by atoms with Gasteiger partial charge in [0.15, 0.2) is 0 Å². The minimum absolute atomic E-state index is 0.0929. The molecule has 7 heteroatoms. The third-order valence-corrected chi connectivity index (χ3v) is 4.44. The summed E-state index contributed by atoms with van der Waals surface area (Å²) in [5, 5.41) is 7.64. The highest BCUT2D eigenvalue weighted by molar-refractivity contribution is 6.31. The molecule has 0 bridgehead atoms. The predicted molar refractivity (Wildman–Crippen MR) is 88.9 cm³/mol. The Balaban J connectivity index is 1.73. The maximum atomic E-state index is 12.3. The van der Waals surface area contributed by atoms with Crippen molar-refractivity contribution in [1.82, 2.24) is 14.3 Å². The lowest BCUT2D eigenvalue weighted by molar-refractivity contribution is -0.117. The molecule has 122 valence electrons. The van der Waals surface area contributed by atoms with Gasteiger partial charge in [0.05, 0.1) is 0 Å². The van der Waals surface area contributed by atoms with Crippen LogP contribution in [0.2, 0.25) is 5.02 Å². The number of amides is 1.